The van der Waals surface area contributed by atoms with Crippen molar-refractivity contribution in [1.29, 1.82) is 0 Å². The van der Waals surface area contributed by atoms with Crippen LogP contribution in [0.25, 0.3) is 0 Å². The fourth-order valence-electron chi connectivity index (χ4n) is 3.11. The van der Waals surface area contributed by atoms with Crippen LogP contribution in [0.3, 0.4) is 0 Å². The Morgan fingerprint density at radius 1 is 0.786 bits per heavy atom. The first-order valence-corrected chi connectivity index (χ1v) is 9.15. The Balaban J connectivity index is 1.51. The number of hydrogen-bond acceptors (Lipinski definition) is 6. The van der Waals surface area contributed by atoms with Gasteiger partial charge in [0.2, 0.25) is 0 Å². The van der Waals surface area contributed by atoms with Crippen LogP contribution in [0.5, 0.6) is 23.0 Å². The van der Waals surface area contributed by atoms with Gasteiger partial charge in [0.25, 0.3) is 5.91 Å². The van der Waals surface area contributed by atoms with Gasteiger partial charge in [-0.05, 0) is 24.3 Å². The third kappa shape index (κ3) is 4.79. The van der Waals surface area contributed by atoms with Crippen molar-refractivity contribution in [3.63, 3.8) is 0 Å². The molecule has 28 heavy (non-hydrogen) atoms. The molecule has 0 unspecified atom stereocenters. The van der Waals surface area contributed by atoms with Crippen molar-refractivity contribution < 1.29 is 23.7 Å². The second-order valence-electron chi connectivity index (χ2n) is 6.40. The molecule has 0 N–H and O–H groups in total. The molecule has 7 heteroatoms. The summed E-state index contributed by atoms with van der Waals surface area (Å²) in [7, 11) is 4.81. The topological polar surface area (TPSA) is 60.5 Å². The van der Waals surface area contributed by atoms with Crippen molar-refractivity contribution in [2.75, 3.05) is 59.0 Å². The zero-order valence-corrected chi connectivity index (χ0v) is 16.5. The first-order chi connectivity index (χ1) is 13.6. The molecule has 2 aromatic carbocycles. The van der Waals surface area contributed by atoms with Gasteiger partial charge in [-0.2, -0.15) is 0 Å². The Morgan fingerprint density at radius 2 is 1.32 bits per heavy atom. The van der Waals surface area contributed by atoms with Gasteiger partial charge >= 0.3 is 0 Å². The van der Waals surface area contributed by atoms with Crippen LogP contribution in [0, 0.1) is 0 Å². The lowest BCUT2D eigenvalue weighted by atomic mass is 10.2. The van der Waals surface area contributed by atoms with E-state index >= 15 is 0 Å². The van der Waals surface area contributed by atoms with Crippen molar-refractivity contribution in [3.8, 4) is 23.0 Å². The predicted octanol–water partition coefficient (Wildman–Crippen LogP) is 2.44. The zero-order chi connectivity index (χ0) is 19.9. The fourth-order valence-corrected chi connectivity index (χ4v) is 3.11. The quantitative estimate of drug-likeness (QED) is 0.729. The minimum atomic E-state index is -0.0313. The van der Waals surface area contributed by atoms with Crippen LogP contribution < -0.4 is 23.8 Å². The number of rotatable bonds is 7. The van der Waals surface area contributed by atoms with Crippen LogP contribution in [-0.2, 0) is 4.79 Å². The standard InChI is InChI=1S/C21H26N2O5/c1-25-17-6-4-16(5-7-17)22-8-10-23(11-9-22)21(24)15-28-20-13-18(26-2)12-19(14-20)27-3/h4-7,12-14H,8-11,15H2,1-3H3. The summed E-state index contributed by atoms with van der Waals surface area (Å²) in [5, 5.41) is 0. The van der Waals surface area contributed by atoms with E-state index in [0.29, 0.717) is 30.3 Å². The van der Waals surface area contributed by atoms with Gasteiger partial charge < -0.3 is 28.7 Å². The molecule has 0 spiro atoms. The second-order valence-corrected chi connectivity index (χ2v) is 6.40. The number of carbonyl (C=O) groups excluding carboxylic acids is 1. The minimum absolute atomic E-state index is 0.0150. The lowest BCUT2D eigenvalue weighted by Gasteiger charge is -2.36. The van der Waals surface area contributed by atoms with E-state index in [-0.39, 0.29) is 12.5 Å². The first kappa shape index (κ1) is 19.7. The highest BCUT2D eigenvalue weighted by Crippen LogP contribution is 2.27. The van der Waals surface area contributed by atoms with Crippen molar-refractivity contribution in [2.45, 2.75) is 0 Å². The molecule has 0 radical (unpaired) electrons. The van der Waals surface area contributed by atoms with Crippen LogP contribution in [0.4, 0.5) is 5.69 Å². The number of benzene rings is 2. The van der Waals surface area contributed by atoms with Crippen molar-refractivity contribution in [1.82, 2.24) is 4.90 Å². The van der Waals surface area contributed by atoms with E-state index in [4.69, 9.17) is 18.9 Å². The summed E-state index contributed by atoms with van der Waals surface area (Å²) in [6, 6.07) is 13.2. The molecule has 0 aromatic heterocycles. The molecule has 1 saturated heterocycles. The van der Waals surface area contributed by atoms with Crippen LogP contribution in [0.15, 0.2) is 42.5 Å². The SMILES string of the molecule is COc1ccc(N2CCN(C(=O)COc3cc(OC)cc(OC)c3)CC2)cc1. The van der Waals surface area contributed by atoms with Crippen molar-refractivity contribution >= 4 is 11.6 Å². The maximum Gasteiger partial charge on any atom is 0.260 e. The largest absolute Gasteiger partial charge is 0.497 e. The number of amides is 1. The number of methoxy groups -OCH3 is 3. The Kier molecular flexibility index (Phi) is 6.47. The number of nitrogens with zero attached hydrogens (tertiary/aromatic N) is 2. The van der Waals surface area contributed by atoms with Gasteiger partial charge in [-0.25, -0.2) is 0 Å². The molecule has 1 aliphatic rings. The Labute approximate surface area is 165 Å². The van der Waals surface area contributed by atoms with E-state index in [9.17, 15) is 4.79 Å². The molecular weight excluding hydrogens is 360 g/mol. The molecule has 150 valence electrons. The van der Waals surface area contributed by atoms with Gasteiger partial charge in [0, 0.05) is 50.1 Å². The lowest BCUT2D eigenvalue weighted by Crippen LogP contribution is -2.50. The van der Waals surface area contributed by atoms with E-state index < -0.39 is 0 Å². The normalized spacial score (nSPS) is 13.8. The van der Waals surface area contributed by atoms with Gasteiger partial charge in [-0.15, -0.1) is 0 Å². The number of ether oxygens (including phenoxy) is 4. The monoisotopic (exact) mass is 386 g/mol. The van der Waals surface area contributed by atoms with Gasteiger partial charge in [-0.1, -0.05) is 0 Å². The van der Waals surface area contributed by atoms with Gasteiger partial charge in [-0.3, -0.25) is 4.79 Å². The van der Waals surface area contributed by atoms with Crippen LogP contribution >= 0.6 is 0 Å². The van der Waals surface area contributed by atoms with Crippen LogP contribution in [0.1, 0.15) is 0 Å². The Hall–Kier alpha value is -3.09. The van der Waals surface area contributed by atoms with E-state index in [2.05, 4.69) is 4.90 Å². The highest BCUT2D eigenvalue weighted by atomic mass is 16.5. The van der Waals surface area contributed by atoms with E-state index in [1.54, 1.807) is 39.5 Å². The van der Waals surface area contributed by atoms with E-state index in [1.165, 1.54) is 0 Å². The summed E-state index contributed by atoms with van der Waals surface area (Å²) in [6.45, 7) is 2.88. The summed E-state index contributed by atoms with van der Waals surface area (Å²) in [6.07, 6.45) is 0. The molecule has 1 aliphatic heterocycles. The number of piperazine rings is 1. The minimum Gasteiger partial charge on any atom is -0.497 e. The Morgan fingerprint density at radius 3 is 1.86 bits per heavy atom. The molecule has 0 aliphatic carbocycles. The number of hydrogen-bond donors (Lipinski definition) is 0. The van der Waals surface area contributed by atoms with Crippen molar-refractivity contribution in [2.24, 2.45) is 0 Å². The summed E-state index contributed by atoms with van der Waals surface area (Å²) >= 11 is 0. The van der Waals surface area contributed by atoms with E-state index in [0.717, 1.165) is 24.5 Å². The average Bonchev–Trinajstić information content (AvgIpc) is 2.77. The molecule has 2 aromatic rings. The fraction of sp³-hybridized carbons (Fsp3) is 0.381. The summed E-state index contributed by atoms with van der Waals surface area (Å²) in [4.78, 5) is 16.6. The Bertz CT molecular complexity index is 764. The van der Waals surface area contributed by atoms with E-state index in [1.807, 2.05) is 29.2 Å². The molecule has 1 fully saturated rings. The van der Waals surface area contributed by atoms with Crippen LogP contribution in [-0.4, -0.2) is 64.9 Å². The van der Waals surface area contributed by atoms with Gasteiger partial charge in [0.15, 0.2) is 6.61 Å². The summed E-state index contributed by atoms with van der Waals surface area (Å²) in [5.41, 5.74) is 1.13. The molecule has 7 nitrogen and oxygen atoms in total. The maximum absolute atomic E-state index is 12.5. The average molecular weight is 386 g/mol. The molecule has 3 rings (SSSR count). The molecule has 0 saturated carbocycles. The first-order valence-electron chi connectivity index (χ1n) is 9.15. The molecular formula is C21H26N2O5. The highest BCUT2D eigenvalue weighted by molar-refractivity contribution is 5.78. The van der Waals surface area contributed by atoms with Crippen LogP contribution in [0.2, 0.25) is 0 Å². The molecule has 1 heterocycles. The van der Waals surface area contributed by atoms with Gasteiger partial charge in [0.05, 0.1) is 21.3 Å². The van der Waals surface area contributed by atoms with Gasteiger partial charge in [0.1, 0.15) is 23.0 Å². The smallest absolute Gasteiger partial charge is 0.260 e. The van der Waals surface area contributed by atoms with Crippen molar-refractivity contribution in [3.05, 3.63) is 42.5 Å². The third-order valence-corrected chi connectivity index (χ3v) is 4.76. The summed E-state index contributed by atoms with van der Waals surface area (Å²) < 4.78 is 21.3. The summed E-state index contributed by atoms with van der Waals surface area (Å²) in [5.74, 6) is 2.59. The number of anilines is 1. The molecule has 0 atom stereocenters. The maximum atomic E-state index is 12.5. The predicted molar refractivity (Wildman–Crippen MR) is 107 cm³/mol. The molecule has 1 amide bonds. The zero-order valence-electron chi connectivity index (χ0n) is 16.5. The second kappa shape index (κ2) is 9.21. The number of carbonyl (C=O) groups is 1. The highest BCUT2D eigenvalue weighted by Gasteiger charge is 2.21. The lowest BCUT2D eigenvalue weighted by molar-refractivity contribution is -0.133. The third-order valence-electron chi connectivity index (χ3n) is 4.76. The molecule has 0 bridgehead atoms.